The number of H-pyrrole nitrogens is 1. The van der Waals surface area contributed by atoms with E-state index >= 15 is 0 Å². The number of rotatable bonds is 2. The van der Waals surface area contributed by atoms with Crippen molar-refractivity contribution in [3.05, 3.63) is 27.1 Å². The monoisotopic (exact) mass is 244 g/mol. The van der Waals surface area contributed by atoms with Crippen molar-refractivity contribution in [3.63, 3.8) is 0 Å². The van der Waals surface area contributed by atoms with Gasteiger partial charge in [-0.1, -0.05) is 6.92 Å². The lowest BCUT2D eigenvalue weighted by molar-refractivity contribution is -0.115. The fourth-order valence-corrected chi connectivity index (χ4v) is 1.14. The summed E-state index contributed by atoms with van der Waals surface area (Å²) in [4.78, 5) is 25.0. The Bertz CT molecular complexity index is 373. The molecule has 1 heterocycles. The standard InChI is InChI=1S/C8H9BrN2O2/c1-2-7(12)11-6-4-10-3-5(9)8(6)13/h3-4H,2H2,1H3,(H,10,13)(H,11,12). The lowest BCUT2D eigenvalue weighted by atomic mass is 10.3. The van der Waals surface area contributed by atoms with Gasteiger partial charge in [0.25, 0.3) is 0 Å². The van der Waals surface area contributed by atoms with Crippen molar-refractivity contribution in [1.82, 2.24) is 4.98 Å². The fourth-order valence-electron chi connectivity index (χ4n) is 0.789. The van der Waals surface area contributed by atoms with Crippen LogP contribution in [0.4, 0.5) is 5.69 Å². The van der Waals surface area contributed by atoms with Crippen LogP contribution in [0.1, 0.15) is 13.3 Å². The lowest BCUT2D eigenvalue weighted by Crippen LogP contribution is -2.17. The normalized spacial score (nSPS) is 9.69. The van der Waals surface area contributed by atoms with E-state index in [0.29, 0.717) is 10.9 Å². The van der Waals surface area contributed by atoms with Gasteiger partial charge in [-0.25, -0.2) is 0 Å². The maximum atomic E-state index is 11.3. The maximum Gasteiger partial charge on any atom is 0.224 e. The third-order valence-corrected chi connectivity index (χ3v) is 2.08. The Morgan fingerprint density at radius 1 is 1.62 bits per heavy atom. The van der Waals surface area contributed by atoms with Crippen LogP contribution in [0.3, 0.4) is 0 Å². The zero-order valence-corrected chi connectivity index (χ0v) is 8.64. The minimum atomic E-state index is -0.222. The number of aromatic nitrogens is 1. The van der Waals surface area contributed by atoms with Gasteiger partial charge in [-0.15, -0.1) is 0 Å². The molecule has 0 unspecified atom stereocenters. The summed E-state index contributed by atoms with van der Waals surface area (Å²) >= 11 is 3.06. The van der Waals surface area contributed by atoms with Crippen molar-refractivity contribution < 1.29 is 4.79 Å². The Hall–Kier alpha value is -1.10. The number of carbonyl (C=O) groups is 1. The summed E-state index contributed by atoms with van der Waals surface area (Å²) in [5.74, 6) is -0.177. The van der Waals surface area contributed by atoms with E-state index in [-0.39, 0.29) is 17.0 Å². The van der Waals surface area contributed by atoms with E-state index in [1.54, 1.807) is 6.92 Å². The van der Waals surface area contributed by atoms with E-state index in [1.807, 2.05) is 0 Å². The Kier molecular flexibility index (Phi) is 3.25. The topological polar surface area (TPSA) is 62.0 Å². The smallest absolute Gasteiger partial charge is 0.224 e. The summed E-state index contributed by atoms with van der Waals surface area (Å²) in [6, 6.07) is 0. The van der Waals surface area contributed by atoms with Crippen molar-refractivity contribution in [3.8, 4) is 0 Å². The summed E-state index contributed by atoms with van der Waals surface area (Å²) in [6.07, 6.45) is 3.33. The van der Waals surface area contributed by atoms with Crippen molar-refractivity contribution >= 4 is 27.5 Å². The molecule has 0 spiro atoms. The van der Waals surface area contributed by atoms with Crippen LogP contribution in [-0.2, 0) is 4.79 Å². The zero-order chi connectivity index (χ0) is 9.84. The first kappa shape index (κ1) is 9.98. The lowest BCUT2D eigenvalue weighted by Gasteiger charge is -2.01. The molecule has 0 aliphatic carbocycles. The molecule has 2 N–H and O–H groups in total. The third-order valence-electron chi connectivity index (χ3n) is 1.49. The van der Waals surface area contributed by atoms with E-state index in [9.17, 15) is 9.59 Å². The van der Waals surface area contributed by atoms with Crippen LogP contribution in [0.5, 0.6) is 0 Å². The summed E-state index contributed by atoms with van der Waals surface area (Å²) in [6.45, 7) is 1.72. The van der Waals surface area contributed by atoms with Crippen LogP contribution in [0.25, 0.3) is 0 Å². The molecule has 0 saturated carbocycles. The number of hydrogen-bond donors (Lipinski definition) is 2. The number of halogens is 1. The molecular formula is C8H9BrN2O2. The van der Waals surface area contributed by atoms with Gasteiger partial charge in [-0.3, -0.25) is 9.59 Å². The van der Waals surface area contributed by atoms with E-state index in [0.717, 1.165) is 0 Å². The minimum Gasteiger partial charge on any atom is -0.365 e. The quantitative estimate of drug-likeness (QED) is 0.829. The first-order valence-corrected chi connectivity index (χ1v) is 4.61. The first-order chi connectivity index (χ1) is 6.15. The van der Waals surface area contributed by atoms with Crippen LogP contribution in [0.15, 0.2) is 21.7 Å². The number of amides is 1. The summed E-state index contributed by atoms with van der Waals surface area (Å²) in [5.41, 5.74) is 0.0433. The molecule has 0 radical (unpaired) electrons. The average molecular weight is 245 g/mol. The molecule has 0 aliphatic heterocycles. The average Bonchev–Trinajstić information content (AvgIpc) is 2.13. The highest BCUT2D eigenvalue weighted by atomic mass is 79.9. The molecule has 13 heavy (non-hydrogen) atoms. The second-order valence-corrected chi connectivity index (χ2v) is 3.30. The van der Waals surface area contributed by atoms with Crippen molar-refractivity contribution in [2.24, 2.45) is 0 Å². The largest absolute Gasteiger partial charge is 0.365 e. The van der Waals surface area contributed by atoms with Gasteiger partial charge < -0.3 is 10.3 Å². The zero-order valence-electron chi connectivity index (χ0n) is 7.06. The SMILES string of the molecule is CCC(=O)Nc1c[nH]cc(Br)c1=O. The molecule has 5 heteroatoms. The van der Waals surface area contributed by atoms with E-state index in [1.165, 1.54) is 12.4 Å². The van der Waals surface area contributed by atoms with Crippen molar-refractivity contribution in [2.45, 2.75) is 13.3 Å². The van der Waals surface area contributed by atoms with Crippen molar-refractivity contribution in [1.29, 1.82) is 0 Å². The van der Waals surface area contributed by atoms with Crippen LogP contribution in [0.2, 0.25) is 0 Å². The predicted octanol–water partition coefficient (Wildman–Crippen LogP) is 1.49. The molecule has 0 aliphatic rings. The van der Waals surface area contributed by atoms with E-state index in [2.05, 4.69) is 26.2 Å². The van der Waals surface area contributed by atoms with Gasteiger partial charge in [0.1, 0.15) is 5.69 Å². The molecule has 1 aromatic rings. The first-order valence-electron chi connectivity index (χ1n) is 3.81. The molecular weight excluding hydrogens is 236 g/mol. The highest BCUT2D eigenvalue weighted by molar-refractivity contribution is 9.10. The van der Waals surface area contributed by atoms with Gasteiger partial charge in [0.2, 0.25) is 11.3 Å². The molecule has 0 aromatic carbocycles. The molecule has 1 amide bonds. The summed E-state index contributed by atoms with van der Waals surface area (Å²) in [5, 5.41) is 2.49. The fraction of sp³-hybridized carbons (Fsp3) is 0.250. The van der Waals surface area contributed by atoms with Gasteiger partial charge >= 0.3 is 0 Å². The van der Waals surface area contributed by atoms with Crippen LogP contribution in [-0.4, -0.2) is 10.9 Å². The number of nitrogens with one attached hydrogen (secondary N) is 2. The Labute approximate surface area is 83.5 Å². The summed E-state index contributed by atoms with van der Waals surface area (Å²) < 4.78 is 0.404. The van der Waals surface area contributed by atoms with Crippen LogP contribution in [0, 0.1) is 0 Å². The van der Waals surface area contributed by atoms with Crippen LogP contribution < -0.4 is 10.7 Å². The number of pyridine rings is 1. The number of hydrogen-bond acceptors (Lipinski definition) is 2. The molecule has 0 bridgehead atoms. The Balaban J connectivity index is 2.96. The maximum absolute atomic E-state index is 11.3. The summed E-state index contributed by atoms with van der Waals surface area (Å²) in [7, 11) is 0. The molecule has 1 aromatic heterocycles. The minimum absolute atomic E-state index is 0.177. The second kappa shape index (κ2) is 4.23. The molecule has 70 valence electrons. The number of carbonyl (C=O) groups excluding carboxylic acids is 1. The van der Waals surface area contributed by atoms with Gasteiger partial charge in [0.15, 0.2) is 0 Å². The van der Waals surface area contributed by atoms with Gasteiger partial charge in [0.05, 0.1) is 4.47 Å². The Morgan fingerprint density at radius 3 is 2.92 bits per heavy atom. The Morgan fingerprint density at radius 2 is 2.31 bits per heavy atom. The van der Waals surface area contributed by atoms with Crippen molar-refractivity contribution in [2.75, 3.05) is 5.32 Å². The number of aromatic amines is 1. The van der Waals surface area contributed by atoms with E-state index < -0.39 is 0 Å². The molecule has 0 atom stereocenters. The van der Waals surface area contributed by atoms with E-state index in [4.69, 9.17) is 0 Å². The number of anilines is 1. The molecule has 4 nitrogen and oxygen atoms in total. The van der Waals surface area contributed by atoms with Gasteiger partial charge in [-0.2, -0.15) is 0 Å². The molecule has 0 saturated heterocycles. The molecule has 0 fully saturated rings. The highest BCUT2D eigenvalue weighted by Gasteiger charge is 2.04. The van der Waals surface area contributed by atoms with Crippen LogP contribution >= 0.6 is 15.9 Å². The predicted molar refractivity (Wildman–Crippen MR) is 53.7 cm³/mol. The highest BCUT2D eigenvalue weighted by Crippen LogP contribution is 2.05. The van der Waals surface area contributed by atoms with Gasteiger partial charge in [0, 0.05) is 18.8 Å². The second-order valence-electron chi connectivity index (χ2n) is 2.45. The third kappa shape index (κ3) is 2.42. The van der Waals surface area contributed by atoms with Gasteiger partial charge in [-0.05, 0) is 15.9 Å². The molecule has 1 rings (SSSR count).